The minimum absolute atomic E-state index is 0.260. The average Bonchev–Trinajstić information content (AvgIpc) is 2.85. The van der Waals surface area contributed by atoms with E-state index >= 15 is 0 Å². The first-order valence-corrected chi connectivity index (χ1v) is 6.26. The van der Waals surface area contributed by atoms with Crippen LogP contribution in [0.25, 0.3) is 16.9 Å². The Morgan fingerprint density at radius 1 is 1.21 bits per heavy atom. The van der Waals surface area contributed by atoms with Crippen molar-refractivity contribution in [3.05, 3.63) is 54.0 Å². The number of para-hydroxylation sites is 1. The molecule has 0 amide bonds. The predicted molar refractivity (Wildman–Crippen MR) is 73.1 cm³/mol. The molecule has 0 unspecified atom stereocenters. The van der Waals surface area contributed by atoms with E-state index in [1.165, 1.54) is 0 Å². The summed E-state index contributed by atoms with van der Waals surface area (Å²) in [7, 11) is 0. The highest BCUT2D eigenvalue weighted by Gasteiger charge is 2.14. The first kappa shape index (κ1) is 11.7. The fourth-order valence-corrected chi connectivity index (χ4v) is 2.24. The molecular weight excluding hydrogens is 260 g/mol. The summed E-state index contributed by atoms with van der Waals surface area (Å²) in [5, 5.41) is 9.22. The number of pyridine rings is 1. The van der Waals surface area contributed by atoms with Crippen molar-refractivity contribution in [2.45, 2.75) is 5.88 Å². The lowest BCUT2D eigenvalue weighted by Gasteiger charge is -2.08. The van der Waals surface area contributed by atoms with Crippen LogP contribution in [0.2, 0.25) is 0 Å². The molecule has 0 bridgehead atoms. The molecule has 19 heavy (non-hydrogen) atoms. The summed E-state index contributed by atoms with van der Waals surface area (Å²) in [5.41, 5.74) is 2.80. The Balaban J connectivity index is 2.39. The normalized spacial score (nSPS) is 10.5. The van der Waals surface area contributed by atoms with Gasteiger partial charge in [-0.1, -0.05) is 12.1 Å². The SMILES string of the molecule is N#Cc1ccccc1-n1c(CCl)nc2cccnc21. The van der Waals surface area contributed by atoms with Gasteiger partial charge in [-0.2, -0.15) is 5.26 Å². The van der Waals surface area contributed by atoms with Crippen LogP contribution in [0, 0.1) is 11.3 Å². The van der Waals surface area contributed by atoms with Gasteiger partial charge in [0.05, 0.1) is 17.1 Å². The smallest absolute Gasteiger partial charge is 0.164 e. The molecule has 0 atom stereocenters. The van der Waals surface area contributed by atoms with Gasteiger partial charge in [0, 0.05) is 6.20 Å². The predicted octanol–water partition coefficient (Wildman–Crippen LogP) is 3.03. The van der Waals surface area contributed by atoms with Crippen LogP contribution in [0.3, 0.4) is 0 Å². The van der Waals surface area contributed by atoms with Gasteiger partial charge < -0.3 is 0 Å². The summed E-state index contributed by atoms with van der Waals surface area (Å²) >= 11 is 5.95. The summed E-state index contributed by atoms with van der Waals surface area (Å²) in [5.74, 6) is 0.939. The zero-order valence-corrected chi connectivity index (χ0v) is 10.7. The second-order valence-corrected chi connectivity index (χ2v) is 4.24. The number of nitriles is 1. The van der Waals surface area contributed by atoms with E-state index < -0.39 is 0 Å². The zero-order chi connectivity index (χ0) is 13.2. The number of benzene rings is 1. The Bertz CT molecular complexity index is 785. The Morgan fingerprint density at radius 3 is 2.84 bits per heavy atom. The first-order chi connectivity index (χ1) is 9.35. The Kier molecular flexibility index (Phi) is 2.90. The van der Waals surface area contributed by atoms with E-state index in [0.29, 0.717) is 17.0 Å². The van der Waals surface area contributed by atoms with Crippen molar-refractivity contribution in [2.75, 3.05) is 0 Å². The van der Waals surface area contributed by atoms with Crippen LogP contribution in [0.5, 0.6) is 0 Å². The largest absolute Gasteiger partial charge is 0.278 e. The molecule has 1 aromatic carbocycles. The van der Waals surface area contributed by atoms with Gasteiger partial charge in [-0.05, 0) is 24.3 Å². The van der Waals surface area contributed by atoms with E-state index in [-0.39, 0.29) is 5.88 Å². The monoisotopic (exact) mass is 268 g/mol. The Labute approximate surface area is 114 Å². The zero-order valence-electron chi connectivity index (χ0n) is 9.92. The fourth-order valence-electron chi connectivity index (χ4n) is 2.07. The van der Waals surface area contributed by atoms with Crippen molar-refractivity contribution in [2.24, 2.45) is 0 Å². The molecule has 3 aromatic rings. The molecule has 5 heteroatoms. The number of imidazole rings is 1. The third-order valence-electron chi connectivity index (χ3n) is 2.87. The molecule has 0 N–H and O–H groups in total. The number of hydrogen-bond donors (Lipinski definition) is 0. The number of rotatable bonds is 2. The van der Waals surface area contributed by atoms with Gasteiger partial charge in [0.25, 0.3) is 0 Å². The van der Waals surface area contributed by atoms with Crippen molar-refractivity contribution in [3.8, 4) is 11.8 Å². The average molecular weight is 269 g/mol. The molecule has 0 saturated heterocycles. The highest BCUT2D eigenvalue weighted by molar-refractivity contribution is 6.16. The molecule has 0 saturated carbocycles. The van der Waals surface area contributed by atoms with E-state index in [1.54, 1.807) is 12.3 Å². The second-order valence-electron chi connectivity index (χ2n) is 3.97. The number of halogens is 1. The molecule has 0 radical (unpaired) electrons. The summed E-state index contributed by atoms with van der Waals surface area (Å²) in [6.45, 7) is 0. The van der Waals surface area contributed by atoms with Crippen LogP contribution in [0.4, 0.5) is 0 Å². The molecule has 0 aliphatic heterocycles. The highest BCUT2D eigenvalue weighted by atomic mass is 35.5. The van der Waals surface area contributed by atoms with Crippen LogP contribution < -0.4 is 0 Å². The summed E-state index contributed by atoms with van der Waals surface area (Å²) in [4.78, 5) is 8.78. The van der Waals surface area contributed by atoms with Gasteiger partial charge >= 0.3 is 0 Å². The lowest BCUT2D eigenvalue weighted by Crippen LogP contribution is -2.02. The van der Waals surface area contributed by atoms with Gasteiger partial charge in [0.2, 0.25) is 0 Å². The molecule has 92 valence electrons. The van der Waals surface area contributed by atoms with Gasteiger partial charge in [0.1, 0.15) is 17.4 Å². The second kappa shape index (κ2) is 4.71. The van der Waals surface area contributed by atoms with Crippen LogP contribution in [0.1, 0.15) is 11.4 Å². The van der Waals surface area contributed by atoms with Gasteiger partial charge in [0.15, 0.2) is 5.65 Å². The van der Waals surface area contributed by atoms with Crippen molar-refractivity contribution >= 4 is 22.8 Å². The van der Waals surface area contributed by atoms with Crippen molar-refractivity contribution < 1.29 is 0 Å². The molecule has 3 rings (SSSR count). The van der Waals surface area contributed by atoms with Crippen molar-refractivity contribution in [1.29, 1.82) is 5.26 Å². The summed E-state index contributed by atoms with van der Waals surface area (Å²) < 4.78 is 1.83. The van der Waals surface area contributed by atoms with Gasteiger partial charge in [-0.25, -0.2) is 9.97 Å². The Morgan fingerprint density at radius 2 is 2.05 bits per heavy atom. The van der Waals surface area contributed by atoms with Crippen molar-refractivity contribution in [1.82, 2.24) is 14.5 Å². The number of fused-ring (bicyclic) bond motifs is 1. The molecular formula is C14H9ClN4. The lowest BCUT2D eigenvalue weighted by molar-refractivity contribution is 0.966. The topological polar surface area (TPSA) is 54.5 Å². The van der Waals surface area contributed by atoms with Crippen LogP contribution in [-0.2, 0) is 5.88 Å². The van der Waals surface area contributed by atoms with E-state index in [0.717, 1.165) is 11.2 Å². The van der Waals surface area contributed by atoms with E-state index in [1.807, 2.05) is 34.9 Å². The lowest BCUT2D eigenvalue weighted by atomic mass is 10.2. The van der Waals surface area contributed by atoms with E-state index in [9.17, 15) is 5.26 Å². The molecule has 2 heterocycles. The van der Waals surface area contributed by atoms with Crippen LogP contribution >= 0.6 is 11.6 Å². The minimum atomic E-state index is 0.260. The van der Waals surface area contributed by atoms with Gasteiger partial charge in [-0.3, -0.25) is 4.57 Å². The summed E-state index contributed by atoms with van der Waals surface area (Å²) in [6, 6.07) is 13.2. The number of aromatic nitrogens is 3. The minimum Gasteiger partial charge on any atom is -0.278 e. The maximum atomic E-state index is 9.22. The van der Waals surface area contributed by atoms with Gasteiger partial charge in [-0.15, -0.1) is 11.6 Å². The Hall–Kier alpha value is -2.38. The van der Waals surface area contributed by atoms with E-state index in [4.69, 9.17) is 11.6 Å². The fraction of sp³-hybridized carbons (Fsp3) is 0.0714. The van der Waals surface area contributed by atoms with E-state index in [2.05, 4.69) is 16.0 Å². The third-order valence-corrected chi connectivity index (χ3v) is 3.11. The molecule has 0 aliphatic carbocycles. The highest BCUT2D eigenvalue weighted by Crippen LogP contribution is 2.23. The third kappa shape index (κ3) is 1.85. The molecule has 2 aromatic heterocycles. The molecule has 4 nitrogen and oxygen atoms in total. The quantitative estimate of drug-likeness (QED) is 0.671. The first-order valence-electron chi connectivity index (χ1n) is 5.73. The maximum absolute atomic E-state index is 9.22. The number of nitrogens with zero attached hydrogens (tertiary/aromatic N) is 4. The van der Waals surface area contributed by atoms with Crippen LogP contribution in [-0.4, -0.2) is 14.5 Å². The molecule has 0 aliphatic rings. The molecule has 0 spiro atoms. The van der Waals surface area contributed by atoms with Crippen LogP contribution in [0.15, 0.2) is 42.6 Å². The molecule has 0 fully saturated rings. The number of hydrogen-bond acceptors (Lipinski definition) is 3. The summed E-state index contributed by atoms with van der Waals surface area (Å²) in [6.07, 6.45) is 1.70. The standard InChI is InChI=1S/C14H9ClN4/c15-8-13-18-11-5-3-7-17-14(11)19(13)12-6-2-1-4-10(12)9-16/h1-7H,8H2. The van der Waals surface area contributed by atoms with Crippen molar-refractivity contribution in [3.63, 3.8) is 0 Å². The number of alkyl halides is 1. The maximum Gasteiger partial charge on any atom is 0.164 e.